The van der Waals surface area contributed by atoms with Gasteiger partial charge in [-0.05, 0) is 42.3 Å². The van der Waals surface area contributed by atoms with Crippen LogP contribution in [0.2, 0.25) is 0 Å². The summed E-state index contributed by atoms with van der Waals surface area (Å²) >= 11 is 0. The quantitative estimate of drug-likeness (QED) is 0.767. The molecule has 23 heavy (non-hydrogen) atoms. The molecule has 2 rings (SSSR count). The van der Waals surface area contributed by atoms with Crippen molar-refractivity contribution in [3.8, 4) is 11.5 Å². The predicted octanol–water partition coefficient (Wildman–Crippen LogP) is 2.33. The standard InChI is InChI=1S/C18H24N2O3/c1-18(19,21)20(12-14-4-8-16(22-2)9-5-14)13-15-6-10-17(23-3)11-7-15/h4-11,21H,12-13,19H2,1-3H3. The third-order valence-corrected chi connectivity index (χ3v) is 3.71. The topological polar surface area (TPSA) is 68.0 Å². The van der Waals surface area contributed by atoms with Gasteiger partial charge < -0.3 is 14.6 Å². The molecule has 2 aromatic rings. The number of nitrogens with zero attached hydrogens (tertiary/aromatic N) is 1. The highest BCUT2D eigenvalue weighted by Crippen LogP contribution is 2.19. The fourth-order valence-corrected chi connectivity index (χ4v) is 2.28. The average Bonchev–Trinajstić information content (AvgIpc) is 2.54. The van der Waals surface area contributed by atoms with E-state index >= 15 is 0 Å². The van der Waals surface area contributed by atoms with Gasteiger partial charge in [0.15, 0.2) is 5.85 Å². The Labute approximate surface area is 137 Å². The Morgan fingerprint density at radius 2 is 1.22 bits per heavy atom. The smallest absolute Gasteiger partial charge is 0.169 e. The number of rotatable bonds is 7. The molecule has 0 heterocycles. The highest BCUT2D eigenvalue weighted by atomic mass is 16.5. The van der Waals surface area contributed by atoms with Crippen LogP contribution in [0, 0.1) is 0 Å². The van der Waals surface area contributed by atoms with Crippen LogP contribution < -0.4 is 15.2 Å². The summed E-state index contributed by atoms with van der Waals surface area (Å²) in [6.07, 6.45) is 0. The van der Waals surface area contributed by atoms with Crippen LogP contribution in [0.25, 0.3) is 0 Å². The van der Waals surface area contributed by atoms with Gasteiger partial charge in [0, 0.05) is 13.1 Å². The van der Waals surface area contributed by atoms with Crippen molar-refractivity contribution in [3.63, 3.8) is 0 Å². The molecule has 1 unspecified atom stereocenters. The lowest BCUT2D eigenvalue weighted by molar-refractivity contribution is -0.0993. The molecule has 0 radical (unpaired) electrons. The van der Waals surface area contributed by atoms with E-state index in [2.05, 4.69) is 0 Å². The Hall–Kier alpha value is -2.08. The molecule has 0 aliphatic carbocycles. The van der Waals surface area contributed by atoms with Crippen molar-refractivity contribution in [3.05, 3.63) is 59.7 Å². The van der Waals surface area contributed by atoms with Crippen molar-refractivity contribution >= 4 is 0 Å². The minimum absolute atomic E-state index is 0.527. The lowest BCUT2D eigenvalue weighted by Gasteiger charge is -2.33. The number of hydrogen-bond acceptors (Lipinski definition) is 5. The van der Waals surface area contributed by atoms with Crippen LogP contribution in [0.1, 0.15) is 18.1 Å². The molecular weight excluding hydrogens is 292 g/mol. The second-order valence-electron chi connectivity index (χ2n) is 5.65. The van der Waals surface area contributed by atoms with Crippen molar-refractivity contribution in [1.82, 2.24) is 4.90 Å². The first kappa shape index (κ1) is 17.3. The van der Waals surface area contributed by atoms with E-state index in [9.17, 15) is 5.11 Å². The highest BCUT2D eigenvalue weighted by molar-refractivity contribution is 5.28. The molecule has 1 atom stereocenters. The number of benzene rings is 2. The van der Waals surface area contributed by atoms with E-state index in [0.29, 0.717) is 13.1 Å². The lowest BCUT2D eigenvalue weighted by Crippen LogP contribution is -2.52. The highest BCUT2D eigenvalue weighted by Gasteiger charge is 2.24. The van der Waals surface area contributed by atoms with Gasteiger partial charge in [0.25, 0.3) is 0 Å². The van der Waals surface area contributed by atoms with Gasteiger partial charge in [-0.2, -0.15) is 0 Å². The molecule has 5 heteroatoms. The van der Waals surface area contributed by atoms with Gasteiger partial charge in [0.1, 0.15) is 11.5 Å². The molecule has 0 spiro atoms. The number of methoxy groups -OCH3 is 2. The number of hydrogen-bond donors (Lipinski definition) is 2. The molecular formula is C18H24N2O3. The summed E-state index contributed by atoms with van der Waals surface area (Å²) < 4.78 is 10.3. The summed E-state index contributed by atoms with van der Waals surface area (Å²) in [5.74, 6) is 0.185. The summed E-state index contributed by atoms with van der Waals surface area (Å²) in [4.78, 5) is 1.80. The van der Waals surface area contributed by atoms with Crippen molar-refractivity contribution in [1.29, 1.82) is 0 Å². The van der Waals surface area contributed by atoms with Crippen LogP contribution in [0.4, 0.5) is 0 Å². The molecule has 124 valence electrons. The fourth-order valence-electron chi connectivity index (χ4n) is 2.28. The van der Waals surface area contributed by atoms with Crippen molar-refractivity contribution < 1.29 is 14.6 Å². The Bertz CT molecular complexity index is 554. The van der Waals surface area contributed by atoms with E-state index in [-0.39, 0.29) is 0 Å². The summed E-state index contributed by atoms with van der Waals surface area (Å²) in [6.45, 7) is 2.64. The summed E-state index contributed by atoms with van der Waals surface area (Å²) in [5.41, 5.74) is 8.01. The lowest BCUT2D eigenvalue weighted by atomic mass is 10.1. The van der Waals surface area contributed by atoms with Crippen LogP contribution in [0.3, 0.4) is 0 Å². The molecule has 0 aromatic heterocycles. The normalized spacial score (nSPS) is 13.7. The van der Waals surface area contributed by atoms with Gasteiger partial charge in [-0.25, -0.2) is 0 Å². The molecule has 3 N–H and O–H groups in total. The van der Waals surface area contributed by atoms with Gasteiger partial charge in [0.05, 0.1) is 14.2 Å². The van der Waals surface area contributed by atoms with Crippen LogP contribution in [0.15, 0.2) is 48.5 Å². The predicted molar refractivity (Wildman–Crippen MR) is 90.0 cm³/mol. The van der Waals surface area contributed by atoms with Gasteiger partial charge in [-0.3, -0.25) is 10.6 Å². The summed E-state index contributed by atoms with van der Waals surface area (Å²) in [5, 5.41) is 10.3. The Morgan fingerprint density at radius 1 is 0.870 bits per heavy atom. The van der Waals surface area contributed by atoms with Crippen molar-refractivity contribution in [2.45, 2.75) is 25.9 Å². The number of ether oxygens (including phenoxy) is 2. The zero-order valence-corrected chi connectivity index (χ0v) is 13.8. The molecule has 2 aromatic carbocycles. The molecule has 0 fully saturated rings. The molecule has 0 amide bonds. The van der Waals surface area contributed by atoms with Gasteiger partial charge >= 0.3 is 0 Å². The largest absolute Gasteiger partial charge is 0.497 e. The van der Waals surface area contributed by atoms with Crippen molar-refractivity contribution in [2.75, 3.05) is 14.2 Å². The monoisotopic (exact) mass is 316 g/mol. The first-order valence-corrected chi connectivity index (χ1v) is 7.44. The maximum Gasteiger partial charge on any atom is 0.169 e. The van der Waals surface area contributed by atoms with Crippen LogP contribution in [-0.4, -0.2) is 30.1 Å². The van der Waals surface area contributed by atoms with E-state index in [4.69, 9.17) is 15.2 Å². The molecule has 0 saturated carbocycles. The maximum atomic E-state index is 10.3. The average molecular weight is 316 g/mol. The second-order valence-corrected chi connectivity index (χ2v) is 5.65. The van der Waals surface area contributed by atoms with Gasteiger partial charge in [-0.15, -0.1) is 0 Å². The molecule has 0 bridgehead atoms. The SMILES string of the molecule is COc1ccc(CN(Cc2ccc(OC)cc2)C(C)(N)O)cc1. The number of aliphatic hydroxyl groups is 1. The minimum atomic E-state index is -1.42. The Morgan fingerprint density at radius 3 is 1.48 bits per heavy atom. The molecule has 0 saturated heterocycles. The third-order valence-electron chi connectivity index (χ3n) is 3.71. The van der Waals surface area contributed by atoms with Crippen LogP contribution >= 0.6 is 0 Å². The molecule has 5 nitrogen and oxygen atoms in total. The van der Waals surface area contributed by atoms with E-state index in [1.54, 1.807) is 26.0 Å². The summed E-state index contributed by atoms with van der Waals surface area (Å²) in [6, 6.07) is 15.4. The third kappa shape index (κ3) is 4.96. The van der Waals surface area contributed by atoms with E-state index < -0.39 is 5.85 Å². The number of nitrogens with two attached hydrogens (primary N) is 1. The second kappa shape index (κ2) is 7.46. The Balaban J connectivity index is 2.12. The van der Waals surface area contributed by atoms with E-state index in [1.807, 2.05) is 48.5 Å². The van der Waals surface area contributed by atoms with Gasteiger partial charge in [-0.1, -0.05) is 24.3 Å². The van der Waals surface area contributed by atoms with Crippen LogP contribution in [0.5, 0.6) is 11.5 Å². The zero-order valence-electron chi connectivity index (χ0n) is 13.8. The first-order valence-electron chi connectivity index (χ1n) is 7.44. The minimum Gasteiger partial charge on any atom is -0.497 e. The maximum absolute atomic E-state index is 10.3. The molecule has 0 aliphatic rings. The summed E-state index contributed by atoms with van der Waals surface area (Å²) in [7, 11) is 3.27. The Kier molecular flexibility index (Phi) is 5.60. The van der Waals surface area contributed by atoms with Crippen molar-refractivity contribution in [2.24, 2.45) is 5.73 Å². The van der Waals surface area contributed by atoms with Crippen LogP contribution in [-0.2, 0) is 13.1 Å². The van der Waals surface area contributed by atoms with E-state index in [1.165, 1.54) is 0 Å². The first-order chi connectivity index (χ1) is 10.9. The fraction of sp³-hybridized carbons (Fsp3) is 0.333. The zero-order chi connectivity index (χ0) is 16.9. The molecule has 0 aliphatic heterocycles. The van der Waals surface area contributed by atoms with E-state index in [0.717, 1.165) is 22.6 Å². The van der Waals surface area contributed by atoms with Gasteiger partial charge in [0.2, 0.25) is 0 Å².